The first-order valence-corrected chi connectivity index (χ1v) is 3.58. The van der Waals surface area contributed by atoms with E-state index < -0.39 is 0 Å². The molecule has 0 aromatic carbocycles. The van der Waals surface area contributed by atoms with Crippen LogP contribution >= 0.6 is 0 Å². The lowest BCUT2D eigenvalue weighted by molar-refractivity contribution is -0.110. The Morgan fingerprint density at radius 3 is 2.73 bits per heavy atom. The molecule has 0 radical (unpaired) electrons. The van der Waals surface area contributed by atoms with E-state index >= 15 is 0 Å². The molecule has 0 spiro atoms. The van der Waals surface area contributed by atoms with Gasteiger partial charge in [0.2, 0.25) is 0 Å². The van der Waals surface area contributed by atoms with Gasteiger partial charge in [0.25, 0.3) is 0 Å². The van der Waals surface area contributed by atoms with Crippen molar-refractivity contribution in [3.63, 3.8) is 0 Å². The molecule has 0 aromatic heterocycles. The van der Waals surface area contributed by atoms with Gasteiger partial charge in [-0.1, -0.05) is 0 Å². The average Bonchev–Trinajstić information content (AvgIpc) is 2.17. The van der Waals surface area contributed by atoms with Crippen LogP contribution in [0.4, 0.5) is 0 Å². The van der Waals surface area contributed by atoms with E-state index in [0.717, 1.165) is 24.1 Å². The lowest BCUT2D eigenvalue weighted by atomic mass is 10.0. The Hall–Kier alpha value is -0.900. The highest BCUT2D eigenvalue weighted by Crippen LogP contribution is 2.33. The van der Waals surface area contributed by atoms with Crippen molar-refractivity contribution in [1.82, 2.24) is 5.06 Å². The van der Waals surface area contributed by atoms with Crippen LogP contribution < -0.4 is 0 Å². The molecule has 1 fully saturated rings. The highest BCUT2D eigenvalue weighted by Gasteiger charge is 2.34. The molecule has 1 aliphatic heterocycles. The van der Waals surface area contributed by atoms with E-state index in [-0.39, 0.29) is 5.54 Å². The van der Waals surface area contributed by atoms with Crippen molar-refractivity contribution in [2.24, 2.45) is 5.18 Å². The molecule has 11 heavy (non-hydrogen) atoms. The van der Waals surface area contributed by atoms with Crippen LogP contribution in [-0.2, 0) is 0 Å². The third kappa shape index (κ3) is 1.40. The summed E-state index contributed by atoms with van der Waals surface area (Å²) in [5.74, 6) is 0. The third-order valence-electron chi connectivity index (χ3n) is 2.04. The van der Waals surface area contributed by atoms with Crippen molar-refractivity contribution in [2.45, 2.75) is 32.2 Å². The summed E-state index contributed by atoms with van der Waals surface area (Å²) in [7, 11) is 0. The lowest BCUT2D eigenvalue weighted by Crippen LogP contribution is -2.34. The molecule has 62 valence electrons. The van der Waals surface area contributed by atoms with Gasteiger partial charge in [-0.05, 0) is 31.9 Å². The number of rotatable bonds is 1. The number of nitroso groups, excluding NO2 is 1. The van der Waals surface area contributed by atoms with Crippen LogP contribution in [0, 0.1) is 4.91 Å². The van der Waals surface area contributed by atoms with E-state index in [1.165, 1.54) is 0 Å². The summed E-state index contributed by atoms with van der Waals surface area (Å²) in [5, 5.41) is 13.2. The van der Waals surface area contributed by atoms with Crippen molar-refractivity contribution in [3.05, 3.63) is 16.8 Å². The number of nitrogens with zero attached hydrogens (tertiary/aromatic N) is 2. The molecular weight excluding hydrogens is 144 g/mol. The van der Waals surface area contributed by atoms with Gasteiger partial charge >= 0.3 is 0 Å². The first kappa shape index (κ1) is 8.20. The van der Waals surface area contributed by atoms with Gasteiger partial charge in [-0.2, -0.15) is 0 Å². The Morgan fingerprint density at radius 1 is 1.73 bits per heavy atom. The minimum absolute atomic E-state index is 0.253. The number of allylic oxidation sites excluding steroid dienone is 1. The Bertz CT molecular complexity index is 199. The molecule has 4 heteroatoms. The molecule has 0 atom stereocenters. The van der Waals surface area contributed by atoms with Crippen LogP contribution in [0.3, 0.4) is 0 Å². The molecule has 0 aliphatic carbocycles. The zero-order chi connectivity index (χ0) is 8.48. The van der Waals surface area contributed by atoms with Gasteiger partial charge < -0.3 is 0 Å². The molecular formula is C7H12N2O2. The molecule has 0 saturated carbocycles. The predicted octanol–water partition coefficient (Wildman–Crippen LogP) is 1.86. The zero-order valence-corrected chi connectivity index (χ0v) is 6.74. The Balaban J connectivity index is 2.78. The molecule has 0 bridgehead atoms. The standard InChI is InChI=1S/C7H12N2O2/c1-7(2)4-3-6(5-8-10)9(7)11/h5,11H,3-4H2,1-2H3/b6-5-. The maximum absolute atomic E-state index is 9.85. The van der Waals surface area contributed by atoms with E-state index in [1.54, 1.807) is 0 Å². The molecule has 1 saturated heterocycles. The van der Waals surface area contributed by atoms with E-state index in [0.29, 0.717) is 5.70 Å². The van der Waals surface area contributed by atoms with Gasteiger partial charge in [-0.15, -0.1) is 4.91 Å². The van der Waals surface area contributed by atoms with Crippen molar-refractivity contribution in [1.29, 1.82) is 0 Å². The number of hydrogen-bond donors (Lipinski definition) is 1. The Labute approximate surface area is 65.4 Å². The van der Waals surface area contributed by atoms with Crippen LogP contribution in [0.5, 0.6) is 0 Å². The average molecular weight is 156 g/mol. The van der Waals surface area contributed by atoms with Gasteiger partial charge in [0.05, 0.1) is 17.4 Å². The van der Waals surface area contributed by atoms with Gasteiger partial charge in [0, 0.05) is 0 Å². The maximum atomic E-state index is 9.85. The summed E-state index contributed by atoms with van der Waals surface area (Å²) in [6, 6.07) is 0. The highest BCUT2D eigenvalue weighted by atomic mass is 16.5. The van der Waals surface area contributed by atoms with E-state index in [1.807, 2.05) is 13.8 Å². The summed E-state index contributed by atoms with van der Waals surface area (Å²) in [5.41, 5.74) is 0.348. The predicted molar refractivity (Wildman–Crippen MR) is 40.8 cm³/mol. The summed E-state index contributed by atoms with van der Waals surface area (Å²) >= 11 is 0. The fourth-order valence-corrected chi connectivity index (χ4v) is 1.21. The van der Waals surface area contributed by atoms with Crippen molar-refractivity contribution in [2.75, 3.05) is 0 Å². The summed E-state index contributed by atoms with van der Waals surface area (Å²) in [6.07, 6.45) is 2.73. The molecule has 1 N–H and O–H groups in total. The zero-order valence-electron chi connectivity index (χ0n) is 6.74. The normalized spacial score (nSPS) is 26.1. The fraction of sp³-hybridized carbons (Fsp3) is 0.714. The minimum Gasteiger partial charge on any atom is -0.288 e. The monoisotopic (exact) mass is 156 g/mol. The smallest absolute Gasteiger partial charge is 0.0930 e. The minimum atomic E-state index is -0.253. The molecule has 0 aromatic rings. The molecule has 1 heterocycles. The van der Waals surface area contributed by atoms with Crippen molar-refractivity contribution >= 4 is 0 Å². The maximum Gasteiger partial charge on any atom is 0.0930 e. The van der Waals surface area contributed by atoms with Crippen LogP contribution in [0.1, 0.15) is 26.7 Å². The SMILES string of the molecule is CC1(C)CC/C(=C/N=O)N1O. The van der Waals surface area contributed by atoms with Crippen molar-refractivity contribution < 1.29 is 5.21 Å². The van der Waals surface area contributed by atoms with Crippen LogP contribution in [0.15, 0.2) is 17.1 Å². The second-order valence-corrected chi connectivity index (χ2v) is 3.35. The van der Waals surface area contributed by atoms with Gasteiger partial charge in [-0.3, -0.25) is 10.3 Å². The quantitative estimate of drug-likeness (QED) is 0.589. The Morgan fingerprint density at radius 2 is 2.36 bits per heavy atom. The Kier molecular flexibility index (Phi) is 1.95. The molecule has 0 amide bonds. The van der Waals surface area contributed by atoms with E-state index in [2.05, 4.69) is 5.18 Å². The van der Waals surface area contributed by atoms with Crippen LogP contribution in [-0.4, -0.2) is 15.8 Å². The lowest BCUT2D eigenvalue weighted by Gasteiger charge is -2.26. The number of hydrogen-bond acceptors (Lipinski definition) is 4. The highest BCUT2D eigenvalue weighted by molar-refractivity contribution is 5.08. The summed E-state index contributed by atoms with van der Waals surface area (Å²) in [4.78, 5) is 9.85. The van der Waals surface area contributed by atoms with E-state index in [4.69, 9.17) is 0 Å². The topological polar surface area (TPSA) is 52.9 Å². The fourth-order valence-electron chi connectivity index (χ4n) is 1.21. The second kappa shape index (κ2) is 2.62. The van der Waals surface area contributed by atoms with E-state index in [9.17, 15) is 10.1 Å². The molecule has 1 rings (SSSR count). The number of hydroxylamine groups is 2. The third-order valence-corrected chi connectivity index (χ3v) is 2.04. The van der Waals surface area contributed by atoms with Gasteiger partial charge in [0.15, 0.2) is 0 Å². The first-order valence-electron chi connectivity index (χ1n) is 3.58. The largest absolute Gasteiger partial charge is 0.288 e. The molecule has 1 aliphatic rings. The van der Waals surface area contributed by atoms with Gasteiger partial charge in [0.1, 0.15) is 0 Å². The second-order valence-electron chi connectivity index (χ2n) is 3.35. The van der Waals surface area contributed by atoms with Crippen LogP contribution in [0.25, 0.3) is 0 Å². The van der Waals surface area contributed by atoms with Crippen LogP contribution in [0.2, 0.25) is 0 Å². The first-order chi connectivity index (χ1) is 5.08. The summed E-state index contributed by atoms with van der Waals surface area (Å²) in [6.45, 7) is 3.83. The molecule has 4 nitrogen and oxygen atoms in total. The van der Waals surface area contributed by atoms with Gasteiger partial charge in [-0.25, -0.2) is 0 Å². The summed E-state index contributed by atoms with van der Waals surface area (Å²) < 4.78 is 0. The van der Waals surface area contributed by atoms with Crippen molar-refractivity contribution in [3.8, 4) is 0 Å². The molecule has 0 unspecified atom stereocenters.